The highest BCUT2D eigenvalue weighted by molar-refractivity contribution is 7.92. The average Bonchev–Trinajstić information content (AvgIpc) is 3.35. The molecule has 0 heterocycles. The first-order chi connectivity index (χ1) is 11.9. The lowest BCUT2D eigenvalue weighted by Crippen LogP contribution is -2.33. The summed E-state index contributed by atoms with van der Waals surface area (Å²) < 4.78 is 25.8. The standard InChI is InChI=1S/C19H22N2O3S/c1-14-7-3-4-8-15(14)13-19(22)20-17-9-5-6-10-18(17)21(16-11-12-16)25(2,23)24/h3-10,16H,11-13H2,1-2H3,(H,20,22). The second-order valence-corrected chi connectivity index (χ2v) is 8.32. The zero-order valence-electron chi connectivity index (χ0n) is 14.4. The van der Waals surface area contributed by atoms with Crippen molar-refractivity contribution in [3.63, 3.8) is 0 Å². The molecule has 25 heavy (non-hydrogen) atoms. The Morgan fingerprint density at radius 2 is 1.76 bits per heavy atom. The van der Waals surface area contributed by atoms with Gasteiger partial charge in [-0.15, -0.1) is 0 Å². The SMILES string of the molecule is Cc1ccccc1CC(=O)Nc1ccccc1N(C1CC1)S(C)(=O)=O. The molecular formula is C19H22N2O3S. The van der Waals surface area contributed by atoms with Gasteiger partial charge in [-0.25, -0.2) is 8.42 Å². The Kier molecular flexibility index (Phi) is 4.81. The molecule has 0 spiro atoms. The predicted molar refractivity (Wildman–Crippen MR) is 100 cm³/mol. The summed E-state index contributed by atoms with van der Waals surface area (Å²) in [5.41, 5.74) is 3.07. The normalized spacial score (nSPS) is 14.2. The van der Waals surface area contributed by atoms with Gasteiger partial charge in [0.15, 0.2) is 0 Å². The zero-order chi connectivity index (χ0) is 18.0. The first kappa shape index (κ1) is 17.5. The van der Waals surface area contributed by atoms with Gasteiger partial charge in [0.2, 0.25) is 15.9 Å². The number of anilines is 2. The highest BCUT2D eigenvalue weighted by Crippen LogP contribution is 2.37. The summed E-state index contributed by atoms with van der Waals surface area (Å²) in [6, 6.07) is 14.8. The van der Waals surface area contributed by atoms with Gasteiger partial charge in [-0.05, 0) is 43.0 Å². The molecule has 1 N–H and O–H groups in total. The topological polar surface area (TPSA) is 66.5 Å². The number of carbonyl (C=O) groups excluding carboxylic acids is 1. The van der Waals surface area contributed by atoms with Crippen molar-refractivity contribution < 1.29 is 13.2 Å². The lowest BCUT2D eigenvalue weighted by Gasteiger charge is -2.24. The van der Waals surface area contributed by atoms with Crippen LogP contribution in [0, 0.1) is 6.92 Å². The maximum atomic E-state index is 12.5. The summed E-state index contributed by atoms with van der Waals surface area (Å²) in [5, 5.41) is 2.88. The number of sulfonamides is 1. The lowest BCUT2D eigenvalue weighted by molar-refractivity contribution is -0.115. The van der Waals surface area contributed by atoms with E-state index < -0.39 is 10.0 Å². The Morgan fingerprint density at radius 3 is 2.40 bits per heavy atom. The van der Waals surface area contributed by atoms with Gasteiger partial charge in [0.05, 0.1) is 24.1 Å². The van der Waals surface area contributed by atoms with Crippen LogP contribution in [0.5, 0.6) is 0 Å². The molecule has 1 aliphatic rings. The van der Waals surface area contributed by atoms with Gasteiger partial charge < -0.3 is 5.32 Å². The van der Waals surface area contributed by atoms with Crippen LogP contribution in [0.15, 0.2) is 48.5 Å². The molecule has 1 amide bonds. The van der Waals surface area contributed by atoms with Crippen molar-refractivity contribution in [3.8, 4) is 0 Å². The maximum absolute atomic E-state index is 12.5. The monoisotopic (exact) mass is 358 g/mol. The van der Waals surface area contributed by atoms with Crippen molar-refractivity contribution in [2.24, 2.45) is 0 Å². The van der Waals surface area contributed by atoms with Crippen LogP contribution in [-0.4, -0.2) is 26.6 Å². The molecule has 2 aromatic carbocycles. The number of nitrogens with zero attached hydrogens (tertiary/aromatic N) is 1. The van der Waals surface area contributed by atoms with E-state index in [-0.39, 0.29) is 18.4 Å². The number of hydrogen-bond donors (Lipinski definition) is 1. The van der Waals surface area contributed by atoms with Crippen LogP contribution in [0.1, 0.15) is 24.0 Å². The van der Waals surface area contributed by atoms with Crippen molar-refractivity contribution in [3.05, 3.63) is 59.7 Å². The third kappa shape index (κ3) is 4.20. The molecular weight excluding hydrogens is 336 g/mol. The van der Waals surface area contributed by atoms with E-state index in [1.165, 1.54) is 10.6 Å². The predicted octanol–water partition coefficient (Wildman–Crippen LogP) is 3.10. The molecule has 132 valence electrons. The Balaban J connectivity index is 1.84. The maximum Gasteiger partial charge on any atom is 0.232 e. The smallest absolute Gasteiger partial charge is 0.232 e. The summed E-state index contributed by atoms with van der Waals surface area (Å²) >= 11 is 0. The molecule has 0 aliphatic heterocycles. The van der Waals surface area contributed by atoms with Gasteiger partial charge in [-0.3, -0.25) is 9.10 Å². The van der Waals surface area contributed by atoms with Crippen molar-refractivity contribution in [2.75, 3.05) is 15.9 Å². The van der Waals surface area contributed by atoms with E-state index in [1.54, 1.807) is 24.3 Å². The molecule has 0 unspecified atom stereocenters. The quantitative estimate of drug-likeness (QED) is 0.863. The second kappa shape index (κ2) is 6.88. The van der Waals surface area contributed by atoms with Gasteiger partial charge in [0, 0.05) is 6.04 Å². The molecule has 1 saturated carbocycles. The molecule has 0 atom stereocenters. The number of carbonyl (C=O) groups is 1. The molecule has 0 saturated heterocycles. The molecule has 2 aromatic rings. The Bertz CT molecular complexity index is 889. The van der Waals surface area contributed by atoms with Gasteiger partial charge in [-0.2, -0.15) is 0 Å². The molecule has 0 bridgehead atoms. The largest absolute Gasteiger partial charge is 0.324 e. The fourth-order valence-electron chi connectivity index (χ4n) is 2.90. The number of amides is 1. The molecule has 1 aliphatic carbocycles. The number of rotatable bonds is 6. The Morgan fingerprint density at radius 1 is 1.12 bits per heavy atom. The van der Waals surface area contributed by atoms with E-state index in [0.29, 0.717) is 11.4 Å². The summed E-state index contributed by atoms with van der Waals surface area (Å²) in [6.45, 7) is 1.97. The van der Waals surface area contributed by atoms with E-state index in [1.807, 2.05) is 31.2 Å². The van der Waals surface area contributed by atoms with Gasteiger partial charge in [0.25, 0.3) is 0 Å². The van der Waals surface area contributed by atoms with Gasteiger partial charge in [0.1, 0.15) is 0 Å². The number of nitrogens with one attached hydrogen (secondary N) is 1. The van der Waals surface area contributed by atoms with Crippen LogP contribution < -0.4 is 9.62 Å². The number of aryl methyl sites for hydroxylation is 1. The van der Waals surface area contributed by atoms with Crippen LogP contribution in [0.25, 0.3) is 0 Å². The second-order valence-electron chi connectivity index (χ2n) is 6.46. The van der Waals surface area contributed by atoms with Crippen molar-refractivity contribution in [1.29, 1.82) is 0 Å². The van der Waals surface area contributed by atoms with Crippen molar-refractivity contribution >= 4 is 27.3 Å². The highest BCUT2D eigenvalue weighted by atomic mass is 32.2. The third-order valence-corrected chi connectivity index (χ3v) is 5.47. The van der Waals surface area contributed by atoms with Crippen molar-refractivity contribution in [2.45, 2.75) is 32.2 Å². The molecule has 3 rings (SSSR count). The van der Waals surface area contributed by atoms with E-state index in [4.69, 9.17) is 0 Å². The van der Waals surface area contributed by atoms with Crippen LogP contribution in [-0.2, 0) is 21.2 Å². The highest BCUT2D eigenvalue weighted by Gasteiger charge is 2.36. The van der Waals surface area contributed by atoms with Gasteiger partial charge in [-0.1, -0.05) is 36.4 Å². The minimum absolute atomic E-state index is 0.00980. The fraction of sp³-hybridized carbons (Fsp3) is 0.316. The van der Waals surface area contributed by atoms with Gasteiger partial charge >= 0.3 is 0 Å². The average molecular weight is 358 g/mol. The fourth-order valence-corrected chi connectivity index (χ4v) is 4.17. The Hall–Kier alpha value is -2.34. The van der Waals surface area contributed by atoms with E-state index in [2.05, 4.69) is 5.32 Å². The Labute approximate surface area is 148 Å². The first-order valence-electron chi connectivity index (χ1n) is 8.29. The van der Waals surface area contributed by atoms with E-state index >= 15 is 0 Å². The van der Waals surface area contributed by atoms with Crippen LogP contribution in [0.4, 0.5) is 11.4 Å². The van der Waals surface area contributed by atoms with Crippen molar-refractivity contribution in [1.82, 2.24) is 0 Å². The van der Waals surface area contributed by atoms with E-state index in [0.717, 1.165) is 24.0 Å². The first-order valence-corrected chi connectivity index (χ1v) is 10.1. The molecule has 6 heteroatoms. The lowest BCUT2D eigenvalue weighted by atomic mass is 10.1. The van der Waals surface area contributed by atoms with Crippen LogP contribution in [0.3, 0.4) is 0 Å². The van der Waals surface area contributed by atoms with Crippen LogP contribution >= 0.6 is 0 Å². The van der Waals surface area contributed by atoms with Crippen LogP contribution in [0.2, 0.25) is 0 Å². The summed E-state index contributed by atoms with van der Waals surface area (Å²) in [5.74, 6) is -0.161. The molecule has 1 fully saturated rings. The minimum Gasteiger partial charge on any atom is -0.324 e. The molecule has 5 nitrogen and oxygen atoms in total. The minimum atomic E-state index is -3.40. The number of hydrogen-bond acceptors (Lipinski definition) is 3. The third-order valence-electron chi connectivity index (χ3n) is 4.26. The number of benzene rings is 2. The summed E-state index contributed by atoms with van der Waals surface area (Å²) in [7, 11) is -3.40. The summed E-state index contributed by atoms with van der Waals surface area (Å²) in [6.07, 6.45) is 3.15. The number of para-hydroxylation sites is 2. The zero-order valence-corrected chi connectivity index (χ0v) is 15.2. The van der Waals surface area contributed by atoms with E-state index in [9.17, 15) is 13.2 Å². The summed E-state index contributed by atoms with van der Waals surface area (Å²) in [4.78, 5) is 12.5. The molecule has 0 aromatic heterocycles. The molecule has 0 radical (unpaired) electrons.